The van der Waals surface area contributed by atoms with Crippen LogP contribution in [0.5, 0.6) is 0 Å². The molecule has 122 valence electrons. The molecule has 24 heavy (non-hydrogen) atoms. The highest BCUT2D eigenvalue weighted by Gasteiger charge is 2.29. The molecule has 0 fully saturated rings. The van der Waals surface area contributed by atoms with Crippen LogP contribution in [0.15, 0.2) is 70.5 Å². The number of hydrogen-bond donors (Lipinski definition) is 0. The second-order valence-corrected chi connectivity index (χ2v) is 7.06. The number of pyridine rings is 1. The van der Waals surface area contributed by atoms with Crippen LogP contribution >= 0.6 is 22.9 Å². The maximum atomic E-state index is 12.9. The number of halogens is 1. The first kappa shape index (κ1) is 16.8. The van der Waals surface area contributed by atoms with Gasteiger partial charge in [-0.2, -0.15) is 4.57 Å². The van der Waals surface area contributed by atoms with Crippen LogP contribution in [-0.2, 0) is 19.2 Å². The maximum Gasteiger partial charge on any atom is 0.244 e. The van der Waals surface area contributed by atoms with Gasteiger partial charge in [0.25, 0.3) is 0 Å². The first-order valence-electron chi connectivity index (χ1n) is 7.14. The van der Waals surface area contributed by atoms with Crippen LogP contribution in [0.3, 0.4) is 0 Å². The summed E-state index contributed by atoms with van der Waals surface area (Å²) in [5.41, 5.74) is 0. The summed E-state index contributed by atoms with van der Waals surface area (Å²) >= 11 is 12.6. The Morgan fingerprint density at radius 2 is 2.04 bits per heavy atom. The quantitative estimate of drug-likeness (QED) is 0.216. The third-order valence-electron chi connectivity index (χ3n) is 3.31. The lowest BCUT2D eigenvalue weighted by Gasteiger charge is -2.17. The molecule has 0 aliphatic heterocycles. The maximum absolute atomic E-state index is 12.9. The monoisotopic (exact) mass is 376 g/mol. The Balaban J connectivity index is 1.92. The van der Waals surface area contributed by atoms with Gasteiger partial charge in [-0.3, -0.25) is 4.79 Å². The summed E-state index contributed by atoms with van der Waals surface area (Å²) in [5.74, 6) is 0.567. The van der Waals surface area contributed by atoms with Gasteiger partial charge in [0.05, 0.1) is 22.0 Å². The second-order valence-electron chi connectivity index (χ2n) is 4.93. The summed E-state index contributed by atoms with van der Waals surface area (Å²) in [6.45, 7) is 0.300. The molecule has 0 amide bonds. The summed E-state index contributed by atoms with van der Waals surface area (Å²) in [7, 11) is 0. The predicted octanol–water partition coefficient (Wildman–Crippen LogP) is 3.85. The van der Waals surface area contributed by atoms with Crippen LogP contribution < -0.4 is 4.57 Å². The van der Waals surface area contributed by atoms with Crippen LogP contribution in [0.4, 0.5) is 0 Å². The standard InChI is InChI=1S/C17H13ClN2O2S2/c18-14-7-6-13(24-14)16(21)15(20-8-2-1-3-9-20)17(23)19-11-12-5-4-10-22-12/h1-10,15H,11H2/t15-/m0/s1. The Labute approximate surface area is 153 Å². The molecular weight excluding hydrogens is 364 g/mol. The largest absolute Gasteiger partial charge is 0.758 e. The van der Waals surface area contributed by atoms with Crippen molar-refractivity contribution in [2.24, 2.45) is 4.99 Å². The van der Waals surface area contributed by atoms with Gasteiger partial charge in [-0.15, -0.1) is 11.3 Å². The average Bonchev–Trinajstić information content (AvgIpc) is 3.25. The fourth-order valence-electron chi connectivity index (χ4n) is 2.19. The van der Waals surface area contributed by atoms with Crippen molar-refractivity contribution in [2.75, 3.05) is 0 Å². The smallest absolute Gasteiger partial charge is 0.244 e. The van der Waals surface area contributed by atoms with E-state index in [2.05, 4.69) is 4.99 Å². The molecule has 0 radical (unpaired) electrons. The zero-order chi connectivity index (χ0) is 16.9. The highest BCUT2D eigenvalue weighted by molar-refractivity contribution is 7.77. The van der Waals surface area contributed by atoms with Crippen LogP contribution in [0.25, 0.3) is 0 Å². The summed E-state index contributed by atoms with van der Waals surface area (Å²) in [4.78, 5) is 17.8. The third-order valence-corrected chi connectivity index (χ3v) is 4.90. The lowest BCUT2D eigenvalue weighted by molar-refractivity contribution is -0.691. The number of aliphatic imine (C=N–C) groups is 1. The summed E-state index contributed by atoms with van der Waals surface area (Å²) in [6, 6.07) is 11.9. The lowest BCUT2D eigenvalue weighted by atomic mass is 10.1. The Morgan fingerprint density at radius 3 is 2.67 bits per heavy atom. The number of nitrogens with zero attached hydrogens (tertiary/aromatic N) is 2. The minimum Gasteiger partial charge on any atom is -0.758 e. The van der Waals surface area contributed by atoms with Gasteiger partial charge in [-0.05, 0) is 29.3 Å². The molecule has 7 heteroatoms. The van der Waals surface area contributed by atoms with Crippen molar-refractivity contribution in [1.82, 2.24) is 0 Å². The topological polar surface area (TPSA) is 46.5 Å². The molecular formula is C17H13ClN2O2S2. The molecule has 1 atom stereocenters. The molecule has 0 bridgehead atoms. The number of carbonyl (C=O) groups is 1. The molecule has 0 unspecified atom stereocenters. The zero-order valence-corrected chi connectivity index (χ0v) is 14.9. The molecule has 0 aliphatic carbocycles. The van der Waals surface area contributed by atoms with E-state index in [4.69, 9.17) is 28.6 Å². The molecule has 3 aromatic heterocycles. The summed E-state index contributed by atoms with van der Waals surface area (Å²) in [6.07, 6.45) is 5.18. The average molecular weight is 377 g/mol. The number of furan rings is 1. The first-order chi connectivity index (χ1) is 11.6. The van der Waals surface area contributed by atoms with E-state index in [1.54, 1.807) is 41.4 Å². The number of rotatable bonds is 6. The molecule has 0 aliphatic rings. The van der Waals surface area contributed by atoms with E-state index >= 15 is 0 Å². The van der Waals surface area contributed by atoms with Gasteiger partial charge in [0.2, 0.25) is 11.8 Å². The third kappa shape index (κ3) is 3.90. The molecule has 0 saturated carbocycles. The van der Waals surface area contributed by atoms with E-state index in [1.807, 2.05) is 24.3 Å². The minimum atomic E-state index is -0.689. The predicted molar refractivity (Wildman–Crippen MR) is 96.5 cm³/mol. The van der Waals surface area contributed by atoms with E-state index in [0.29, 0.717) is 26.6 Å². The Bertz CT molecular complexity index is 845. The van der Waals surface area contributed by atoms with Crippen molar-refractivity contribution in [3.8, 4) is 0 Å². The van der Waals surface area contributed by atoms with E-state index in [-0.39, 0.29) is 5.78 Å². The fourth-order valence-corrected chi connectivity index (χ4v) is 3.49. The molecule has 0 saturated heterocycles. The lowest BCUT2D eigenvalue weighted by Crippen LogP contribution is -2.47. The van der Waals surface area contributed by atoms with Crippen molar-refractivity contribution in [2.45, 2.75) is 12.6 Å². The molecule has 4 nitrogen and oxygen atoms in total. The Hall–Kier alpha value is -2.02. The van der Waals surface area contributed by atoms with Crippen LogP contribution in [0.1, 0.15) is 21.5 Å². The van der Waals surface area contributed by atoms with Crippen molar-refractivity contribution >= 4 is 46.4 Å². The van der Waals surface area contributed by atoms with Crippen LogP contribution in [0, 0.1) is 0 Å². The Kier molecular flexibility index (Phi) is 5.40. The highest BCUT2D eigenvalue weighted by atomic mass is 35.5. The van der Waals surface area contributed by atoms with E-state index < -0.39 is 6.04 Å². The molecule has 0 aromatic carbocycles. The summed E-state index contributed by atoms with van der Waals surface area (Å²) < 4.78 is 7.57. The SMILES string of the molecule is O=C(c1ccc(Cl)s1)[C@@H](C([S-])=NCc1ccco1)[n+]1ccccc1. The van der Waals surface area contributed by atoms with E-state index in [1.165, 1.54) is 11.3 Å². The van der Waals surface area contributed by atoms with Gasteiger partial charge in [-0.1, -0.05) is 17.7 Å². The molecule has 0 spiro atoms. The Morgan fingerprint density at radius 1 is 1.25 bits per heavy atom. The van der Waals surface area contributed by atoms with Gasteiger partial charge >= 0.3 is 0 Å². The number of hydrogen-bond acceptors (Lipinski definition) is 5. The molecule has 3 heterocycles. The van der Waals surface area contributed by atoms with Crippen LogP contribution in [-0.4, -0.2) is 10.8 Å². The molecule has 0 N–H and O–H groups in total. The minimum absolute atomic E-state index is 0.128. The number of Topliss-reactive ketones (excluding diaryl/α,β-unsaturated/α-hetero) is 1. The fraction of sp³-hybridized carbons (Fsp3) is 0.118. The highest BCUT2D eigenvalue weighted by Crippen LogP contribution is 2.24. The van der Waals surface area contributed by atoms with Crippen molar-refractivity contribution in [3.05, 3.63) is 76.1 Å². The van der Waals surface area contributed by atoms with Crippen molar-refractivity contribution in [1.29, 1.82) is 0 Å². The first-order valence-corrected chi connectivity index (χ1v) is 8.74. The van der Waals surface area contributed by atoms with Gasteiger partial charge in [0.15, 0.2) is 12.4 Å². The molecule has 3 rings (SSSR count). The van der Waals surface area contributed by atoms with E-state index in [0.717, 1.165) is 0 Å². The molecule has 3 aromatic rings. The number of carbonyl (C=O) groups excluding carboxylic acids is 1. The number of thiophene rings is 1. The number of ketones is 1. The van der Waals surface area contributed by atoms with E-state index in [9.17, 15) is 4.79 Å². The van der Waals surface area contributed by atoms with Gasteiger partial charge in [0, 0.05) is 12.1 Å². The second kappa shape index (κ2) is 7.70. The zero-order valence-electron chi connectivity index (χ0n) is 12.5. The van der Waals surface area contributed by atoms with Gasteiger partial charge in [-0.25, -0.2) is 0 Å². The van der Waals surface area contributed by atoms with Gasteiger partial charge in [0.1, 0.15) is 5.76 Å². The normalized spacial score (nSPS) is 13.0. The number of aromatic nitrogens is 1. The van der Waals surface area contributed by atoms with Crippen molar-refractivity contribution in [3.63, 3.8) is 0 Å². The van der Waals surface area contributed by atoms with Gasteiger partial charge < -0.3 is 22.0 Å². The van der Waals surface area contributed by atoms with Crippen molar-refractivity contribution < 1.29 is 13.8 Å². The summed E-state index contributed by atoms with van der Waals surface area (Å²) in [5, 5.41) is 0.303. The van der Waals surface area contributed by atoms with Crippen LogP contribution in [0.2, 0.25) is 4.34 Å².